The third kappa shape index (κ3) is 4.32. The molecule has 1 atom stereocenters. The van der Waals surface area contributed by atoms with Crippen LogP contribution in [0.15, 0.2) is 63.7 Å². The van der Waals surface area contributed by atoms with Crippen LogP contribution in [0.25, 0.3) is 0 Å². The van der Waals surface area contributed by atoms with Gasteiger partial charge < -0.3 is 14.8 Å². The van der Waals surface area contributed by atoms with E-state index in [9.17, 15) is 13.2 Å². The first-order valence-electron chi connectivity index (χ1n) is 11.6. The van der Waals surface area contributed by atoms with Gasteiger partial charge in [0.15, 0.2) is 11.5 Å². The molecule has 3 aromatic rings. The minimum atomic E-state index is -3.75. The minimum absolute atomic E-state index is 0.142. The number of carbonyl (C=O) groups excluding carboxylic acids is 1. The number of amides is 1. The Kier molecular flexibility index (Phi) is 6.36. The molecule has 1 aliphatic heterocycles. The van der Waals surface area contributed by atoms with Gasteiger partial charge in [0, 0.05) is 22.6 Å². The van der Waals surface area contributed by atoms with Crippen LogP contribution < -0.4 is 14.8 Å². The summed E-state index contributed by atoms with van der Waals surface area (Å²) >= 11 is 1.36. The number of nitrogens with one attached hydrogen (secondary N) is 1. The largest absolute Gasteiger partial charge is 0.490 e. The summed E-state index contributed by atoms with van der Waals surface area (Å²) in [6, 6.07) is 14.1. The van der Waals surface area contributed by atoms with Gasteiger partial charge in [-0.25, -0.2) is 8.42 Å². The van der Waals surface area contributed by atoms with Gasteiger partial charge in [0.1, 0.15) is 4.90 Å². The molecule has 2 aliphatic rings. The molecule has 1 N–H and O–H groups in total. The Bertz CT molecular complexity index is 1290. The lowest BCUT2D eigenvalue weighted by Crippen LogP contribution is -2.23. The molecule has 0 saturated heterocycles. The second-order valence-corrected chi connectivity index (χ2v) is 11.5. The first-order valence-corrected chi connectivity index (χ1v) is 14.0. The number of thiophene rings is 1. The van der Waals surface area contributed by atoms with Crippen molar-refractivity contribution in [3.63, 3.8) is 0 Å². The number of anilines is 1. The third-order valence-electron chi connectivity index (χ3n) is 6.36. The molecular formula is C26H27NO5S2. The number of hydrogen-bond donors (Lipinski definition) is 1. The van der Waals surface area contributed by atoms with Gasteiger partial charge in [-0.1, -0.05) is 24.3 Å². The molecule has 0 spiro atoms. The van der Waals surface area contributed by atoms with E-state index in [1.54, 1.807) is 35.7 Å². The monoisotopic (exact) mass is 497 g/mol. The van der Waals surface area contributed by atoms with E-state index in [1.165, 1.54) is 24.2 Å². The van der Waals surface area contributed by atoms with Crippen molar-refractivity contribution >= 4 is 32.8 Å². The smallest absolute Gasteiger partial charge is 0.225 e. The van der Waals surface area contributed by atoms with Gasteiger partial charge in [-0.15, -0.1) is 11.3 Å². The molecule has 1 saturated carbocycles. The molecule has 0 bridgehead atoms. The highest BCUT2D eigenvalue weighted by atomic mass is 32.2. The molecule has 5 rings (SSSR count). The summed E-state index contributed by atoms with van der Waals surface area (Å²) in [6.45, 7) is 2.43. The van der Waals surface area contributed by atoms with Crippen LogP contribution in [-0.4, -0.2) is 27.0 Å². The Morgan fingerprint density at radius 3 is 2.56 bits per heavy atom. The molecule has 0 unspecified atom stereocenters. The Balaban J connectivity index is 1.51. The standard InChI is InChI=1S/C26H27NO5S2/c1-2-31-22-14-17(12-13-21(22)32-18-8-6-7-9-18)20-15-24(28)27-25-23(16-33-26(20)25)34(29,30)19-10-4-3-5-11-19/h3-5,10-14,16,18,20H,2,6-9,15H2,1H3,(H,27,28)/t20-/m0/s1. The van der Waals surface area contributed by atoms with E-state index >= 15 is 0 Å². The molecule has 1 amide bonds. The molecule has 0 radical (unpaired) electrons. The zero-order valence-electron chi connectivity index (χ0n) is 19.0. The molecule has 6 nitrogen and oxygen atoms in total. The van der Waals surface area contributed by atoms with Gasteiger partial charge in [0.25, 0.3) is 0 Å². The summed E-state index contributed by atoms with van der Waals surface area (Å²) in [7, 11) is -3.75. The highest BCUT2D eigenvalue weighted by Gasteiger charge is 2.35. The average Bonchev–Trinajstić information content (AvgIpc) is 3.50. The maximum atomic E-state index is 13.3. The van der Waals surface area contributed by atoms with Crippen LogP contribution in [0.1, 0.15) is 55.4 Å². The molecule has 8 heteroatoms. The van der Waals surface area contributed by atoms with Crippen molar-refractivity contribution in [3.05, 3.63) is 64.4 Å². The van der Waals surface area contributed by atoms with E-state index in [0.29, 0.717) is 18.0 Å². The van der Waals surface area contributed by atoms with Gasteiger partial charge in [-0.05, 0) is 62.4 Å². The first kappa shape index (κ1) is 22.9. The zero-order chi connectivity index (χ0) is 23.7. The Morgan fingerprint density at radius 1 is 1.06 bits per heavy atom. The summed E-state index contributed by atoms with van der Waals surface area (Å²) in [5.74, 6) is 0.919. The Hall–Kier alpha value is -2.84. The van der Waals surface area contributed by atoms with Crippen LogP contribution >= 0.6 is 11.3 Å². The van der Waals surface area contributed by atoms with Gasteiger partial charge in [-0.3, -0.25) is 4.79 Å². The van der Waals surface area contributed by atoms with Gasteiger partial charge in [-0.2, -0.15) is 0 Å². The van der Waals surface area contributed by atoms with Crippen molar-refractivity contribution in [2.45, 2.75) is 60.8 Å². The molecule has 2 heterocycles. The lowest BCUT2D eigenvalue weighted by molar-refractivity contribution is -0.116. The van der Waals surface area contributed by atoms with E-state index < -0.39 is 9.84 Å². The van der Waals surface area contributed by atoms with Crippen LogP contribution in [0.3, 0.4) is 0 Å². The molecule has 34 heavy (non-hydrogen) atoms. The molecule has 1 aliphatic carbocycles. The van der Waals surface area contributed by atoms with Crippen molar-refractivity contribution < 1.29 is 22.7 Å². The van der Waals surface area contributed by atoms with Crippen molar-refractivity contribution in [2.24, 2.45) is 0 Å². The second-order valence-electron chi connectivity index (χ2n) is 8.62. The van der Waals surface area contributed by atoms with Gasteiger partial charge in [0.05, 0.1) is 23.3 Å². The number of hydrogen-bond acceptors (Lipinski definition) is 6. The minimum Gasteiger partial charge on any atom is -0.490 e. The van der Waals surface area contributed by atoms with Crippen LogP contribution in [0.4, 0.5) is 5.69 Å². The fraction of sp³-hybridized carbons (Fsp3) is 0.346. The average molecular weight is 498 g/mol. The van der Waals surface area contributed by atoms with Crippen molar-refractivity contribution in [2.75, 3.05) is 11.9 Å². The number of benzene rings is 2. The summed E-state index contributed by atoms with van der Waals surface area (Å²) in [4.78, 5) is 13.9. The molecule has 1 aromatic heterocycles. The molecule has 1 fully saturated rings. The Labute approximate surface area is 203 Å². The number of ether oxygens (including phenoxy) is 2. The number of fused-ring (bicyclic) bond motifs is 1. The molecule has 2 aromatic carbocycles. The van der Waals surface area contributed by atoms with Crippen molar-refractivity contribution in [1.29, 1.82) is 0 Å². The highest BCUT2D eigenvalue weighted by molar-refractivity contribution is 7.91. The predicted molar refractivity (Wildman–Crippen MR) is 132 cm³/mol. The van der Waals surface area contributed by atoms with E-state index in [0.717, 1.165) is 29.0 Å². The quantitative estimate of drug-likeness (QED) is 0.448. The summed E-state index contributed by atoms with van der Waals surface area (Å²) in [6.07, 6.45) is 4.91. The van der Waals surface area contributed by atoms with Gasteiger partial charge in [0.2, 0.25) is 15.7 Å². The van der Waals surface area contributed by atoms with Gasteiger partial charge >= 0.3 is 0 Å². The summed E-state index contributed by atoms with van der Waals surface area (Å²) in [5, 5.41) is 4.45. The SMILES string of the molecule is CCOc1cc([C@@H]2CC(=O)Nc3c(S(=O)(=O)c4ccccc4)csc32)ccc1OC1CCCC1. The molecular weight excluding hydrogens is 470 g/mol. The summed E-state index contributed by atoms with van der Waals surface area (Å²) in [5.41, 5.74) is 1.29. The van der Waals surface area contributed by atoms with Crippen molar-refractivity contribution in [3.8, 4) is 11.5 Å². The van der Waals surface area contributed by atoms with E-state index in [2.05, 4.69) is 5.32 Å². The van der Waals surface area contributed by atoms with Crippen molar-refractivity contribution in [1.82, 2.24) is 0 Å². The maximum Gasteiger partial charge on any atom is 0.225 e. The van der Waals surface area contributed by atoms with E-state index in [-0.39, 0.29) is 34.1 Å². The lowest BCUT2D eigenvalue weighted by atomic mass is 9.90. The van der Waals surface area contributed by atoms with E-state index in [1.807, 2.05) is 25.1 Å². The highest BCUT2D eigenvalue weighted by Crippen LogP contribution is 2.47. The number of carbonyl (C=O) groups is 1. The van der Waals surface area contributed by atoms with E-state index in [4.69, 9.17) is 9.47 Å². The van der Waals surface area contributed by atoms with Crippen LogP contribution in [0.5, 0.6) is 11.5 Å². The zero-order valence-corrected chi connectivity index (χ0v) is 20.6. The predicted octanol–water partition coefficient (Wildman–Crippen LogP) is 5.78. The third-order valence-corrected chi connectivity index (χ3v) is 9.40. The fourth-order valence-corrected chi connectivity index (χ4v) is 7.62. The van der Waals surface area contributed by atoms with Crippen LogP contribution in [0, 0.1) is 0 Å². The lowest BCUT2D eigenvalue weighted by Gasteiger charge is -2.25. The van der Waals surface area contributed by atoms with Crippen LogP contribution in [0.2, 0.25) is 0 Å². The second kappa shape index (κ2) is 9.43. The first-order chi connectivity index (χ1) is 16.5. The fourth-order valence-electron chi connectivity index (χ4n) is 4.69. The number of rotatable bonds is 7. The molecule has 178 valence electrons. The summed E-state index contributed by atoms with van der Waals surface area (Å²) < 4.78 is 38.7. The van der Waals surface area contributed by atoms with Crippen LogP contribution in [-0.2, 0) is 14.6 Å². The normalized spacial score (nSPS) is 18.4. The number of sulfone groups is 1. The Morgan fingerprint density at radius 2 is 1.82 bits per heavy atom. The maximum absolute atomic E-state index is 13.3. The topological polar surface area (TPSA) is 81.7 Å².